The van der Waals surface area contributed by atoms with Gasteiger partial charge in [-0.25, -0.2) is 0 Å². The van der Waals surface area contributed by atoms with E-state index in [2.05, 4.69) is 25.3 Å². The van der Waals surface area contributed by atoms with Crippen LogP contribution in [0.25, 0.3) is 0 Å². The van der Waals surface area contributed by atoms with Gasteiger partial charge in [0, 0.05) is 0 Å². The molecule has 1 fully saturated rings. The van der Waals surface area contributed by atoms with Gasteiger partial charge in [0.05, 0.1) is 6.10 Å². The van der Waals surface area contributed by atoms with Gasteiger partial charge in [0.25, 0.3) is 0 Å². The Balaban J connectivity index is 2.13. The second-order valence-electron chi connectivity index (χ2n) is 2.72. The lowest BCUT2D eigenvalue weighted by Crippen LogP contribution is -2.18. The summed E-state index contributed by atoms with van der Waals surface area (Å²) in [6.45, 7) is 0. The number of thiol groups is 2. The van der Waals surface area contributed by atoms with Crippen LogP contribution in [0.2, 0.25) is 0 Å². The molecule has 0 amide bonds. The van der Waals surface area contributed by atoms with Crippen LogP contribution in [-0.4, -0.2) is 10.9 Å². The Morgan fingerprint density at radius 2 is 1.70 bits per heavy atom. The molecule has 10 heavy (non-hydrogen) atoms. The fourth-order valence-electron chi connectivity index (χ4n) is 1.37. The maximum absolute atomic E-state index is 5.42. The maximum atomic E-state index is 5.42. The Hall–Kier alpha value is 0.660. The molecule has 0 bridgehead atoms. The van der Waals surface area contributed by atoms with E-state index in [1.165, 1.54) is 32.1 Å². The second-order valence-corrected chi connectivity index (χ2v) is 4.07. The lowest BCUT2D eigenvalue weighted by molar-refractivity contribution is 0.0479. The molecule has 0 heterocycles. The standard InChI is InChI=1S/C7H14OS2/c9-7(10)8-6-4-2-1-3-5-6/h6-7,9-10H,1-5H2. The Morgan fingerprint density at radius 1 is 1.10 bits per heavy atom. The molecule has 1 aliphatic rings. The SMILES string of the molecule is SC(S)OC1CCCCC1. The Labute approximate surface area is 73.3 Å². The predicted molar refractivity (Wildman–Crippen MR) is 49.7 cm³/mol. The van der Waals surface area contributed by atoms with Gasteiger partial charge >= 0.3 is 0 Å². The minimum absolute atomic E-state index is 0.192. The summed E-state index contributed by atoms with van der Waals surface area (Å²) >= 11 is 8.10. The van der Waals surface area contributed by atoms with Crippen molar-refractivity contribution in [3.8, 4) is 0 Å². The molecule has 3 heteroatoms. The molecule has 0 radical (unpaired) electrons. The largest absolute Gasteiger partial charge is 0.355 e. The van der Waals surface area contributed by atoms with Crippen molar-refractivity contribution in [2.45, 2.75) is 43.0 Å². The van der Waals surface area contributed by atoms with Crippen molar-refractivity contribution in [1.29, 1.82) is 0 Å². The highest BCUT2D eigenvalue weighted by Gasteiger charge is 2.14. The summed E-state index contributed by atoms with van der Waals surface area (Å²) in [6.07, 6.45) is 6.78. The number of hydrogen-bond donors (Lipinski definition) is 2. The molecule has 1 nitrogen and oxygen atoms in total. The first-order valence-corrected chi connectivity index (χ1v) is 4.84. The molecule has 1 aliphatic carbocycles. The third-order valence-electron chi connectivity index (χ3n) is 1.87. The molecule has 0 unspecified atom stereocenters. The van der Waals surface area contributed by atoms with Gasteiger partial charge in [0.15, 0.2) is 0 Å². The van der Waals surface area contributed by atoms with Crippen LogP contribution in [0.3, 0.4) is 0 Å². The second kappa shape index (κ2) is 4.52. The molecular weight excluding hydrogens is 164 g/mol. The van der Waals surface area contributed by atoms with Gasteiger partial charge in [-0.3, -0.25) is 0 Å². The van der Waals surface area contributed by atoms with Crippen molar-refractivity contribution in [3.63, 3.8) is 0 Å². The van der Waals surface area contributed by atoms with Gasteiger partial charge in [-0.2, -0.15) is 0 Å². The highest BCUT2D eigenvalue weighted by Crippen LogP contribution is 2.22. The first-order chi connectivity index (χ1) is 4.79. The van der Waals surface area contributed by atoms with Crippen LogP contribution in [0, 0.1) is 0 Å². The van der Waals surface area contributed by atoms with Crippen LogP contribution in [0.15, 0.2) is 0 Å². The first kappa shape index (κ1) is 8.75. The van der Waals surface area contributed by atoms with Crippen molar-refractivity contribution in [2.75, 3.05) is 0 Å². The molecular formula is C7H14OS2. The van der Waals surface area contributed by atoms with Gasteiger partial charge in [-0.15, -0.1) is 25.3 Å². The van der Waals surface area contributed by atoms with Crippen LogP contribution in [0.4, 0.5) is 0 Å². The van der Waals surface area contributed by atoms with Gasteiger partial charge in [0.1, 0.15) is 4.77 Å². The van der Waals surface area contributed by atoms with Gasteiger partial charge in [-0.1, -0.05) is 19.3 Å². The molecule has 1 saturated carbocycles. The minimum atomic E-state index is -0.192. The van der Waals surface area contributed by atoms with Crippen molar-refractivity contribution in [1.82, 2.24) is 0 Å². The fraction of sp³-hybridized carbons (Fsp3) is 1.00. The van der Waals surface area contributed by atoms with Crippen LogP contribution in [-0.2, 0) is 4.74 Å². The van der Waals surface area contributed by atoms with E-state index in [1.54, 1.807) is 0 Å². The third-order valence-corrected chi connectivity index (χ3v) is 2.11. The quantitative estimate of drug-likeness (QED) is 0.488. The van der Waals surface area contributed by atoms with Crippen molar-refractivity contribution in [3.05, 3.63) is 0 Å². The van der Waals surface area contributed by atoms with Gasteiger partial charge in [-0.05, 0) is 12.8 Å². The van der Waals surface area contributed by atoms with Crippen LogP contribution < -0.4 is 0 Å². The van der Waals surface area contributed by atoms with Crippen LogP contribution in [0.1, 0.15) is 32.1 Å². The topological polar surface area (TPSA) is 9.23 Å². The fourth-order valence-corrected chi connectivity index (χ4v) is 1.72. The summed E-state index contributed by atoms with van der Waals surface area (Å²) in [5.41, 5.74) is 0. The molecule has 0 saturated heterocycles. The van der Waals surface area contributed by atoms with Gasteiger partial charge < -0.3 is 4.74 Å². The van der Waals surface area contributed by atoms with E-state index >= 15 is 0 Å². The summed E-state index contributed by atoms with van der Waals surface area (Å²) in [6, 6.07) is 0. The van der Waals surface area contributed by atoms with Crippen molar-refractivity contribution >= 4 is 25.3 Å². The predicted octanol–water partition coefficient (Wildman–Crippen LogP) is 2.48. The monoisotopic (exact) mass is 178 g/mol. The molecule has 0 atom stereocenters. The Morgan fingerprint density at radius 3 is 2.20 bits per heavy atom. The third kappa shape index (κ3) is 3.17. The summed E-state index contributed by atoms with van der Waals surface area (Å²) in [7, 11) is 0. The zero-order valence-electron chi connectivity index (χ0n) is 5.99. The van der Waals surface area contributed by atoms with E-state index in [0.717, 1.165) is 0 Å². The van der Waals surface area contributed by atoms with E-state index in [1.807, 2.05) is 0 Å². The smallest absolute Gasteiger partial charge is 0.144 e. The van der Waals surface area contributed by atoms with E-state index in [9.17, 15) is 0 Å². The summed E-state index contributed by atoms with van der Waals surface area (Å²) in [5, 5.41) is 0. The molecule has 0 aromatic carbocycles. The normalized spacial score (nSPS) is 21.9. The van der Waals surface area contributed by atoms with Crippen LogP contribution >= 0.6 is 25.3 Å². The van der Waals surface area contributed by atoms with Crippen LogP contribution in [0.5, 0.6) is 0 Å². The van der Waals surface area contributed by atoms with E-state index in [4.69, 9.17) is 4.74 Å². The average molecular weight is 178 g/mol. The van der Waals surface area contributed by atoms with Crippen molar-refractivity contribution in [2.24, 2.45) is 0 Å². The lowest BCUT2D eigenvalue weighted by atomic mass is 9.98. The molecule has 0 aromatic rings. The number of hydrogen-bond acceptors (Lipinski definition) is 3. The zero-order valence-corrected chi connectivity index (χ0v) is 7.78. The molecule has 0 spiro atoms. The van der Waals surface area contributed by atoms with Gasteiger partial charge in [0.2, 0.25) is 0 Å². The summed E-state index contributed by atoms with van der Waals surface area (Å²) in [4.78, 5) is 0. The minimum Gasteiger partial charge on any atom is -0.355 e. The van der Waals surface area contributed by atoms with E-state index in [0.29, 0.717) is 6.10 Å². The molecule has 60 valence electrons. The highest BCUT2D eigenvalue weighted by atomic mass is 32.2. The summed E-state index contributed by atoms with van der Waals surface area (Å²) < 4.78 is 5.23. The lowest BCUT2D eigenvalue weighted by Gasteiger charge is -2.22. The summed E-state index contributed by atoms with van der Waals surface area (Å²) in [5.74, 6) is 0. The van der Waals surface area contributed by atoms with Crippen molar-refractivity contribution < 1.29 is 4.74 Å². The first-order valence-electron chi connectivity index (χ1n) is 3.80. The maximum Gasteiger partial charge on any atom is 0.144 e. The number of rotatable bonds is 2. The Bertz CT molecular complexity index is 89.6. The number of ether oxygens (including phenoxy) is 1. The highest BCUT2D eigenvalue weighted by molar-refractivity contribution is 7.98. The molecule has 0 aliphatic heterocycles. The Kier molecular flexibility index (Phi) is 3.96. The molecule has 0 N–H and O–H groups in total. The van der Waals surface area contributed by atoms with E-state index < -0.39 is 0 Å². The average Bonchev–Trinajstić information content (AvgIpc) is 1.88. The molecule has 1 rings (SSSR count). The van der Waals surface area contributed by atoms with E-state index in [-0.39, 0.29) is 4.77 Å². The zero-order chi connectivity index (χ0) is 7.40. The molecule has 0 aromatic heterocycles.